The summed E-state index contributed by atoms with van der Waals surface area (Å²) >= 11 is 0. The molecule has 0 aromatic rings. The fourth-order valence-electron chi connectivity index (χ4n) is 2.98. The van der Waals surface area contributed by atoms with Crippen molar-refractivity contribution in [1.82, 2.24) is 0 Å². The molecule has 82 valence electrons. The summed E-state index contributed by atoms with van der Waals surface area (Å²) in [5.74, 6) is -0.307. The van der Waals surface area contributed by atoms with Crippen LogP contribution < -0.4 is 0 Å². The Hall–Kier alpha value is -0.530. The van der Waals surface area contributed by atoms with Gasteiger partial charge in [-0.15, -0.1) is 0 Å². The normalized spacial score (nSPS) is 34.1. The van der Waals surface area contributed by atoms with Crippen LogP contribution in [0.15, 0.2) is 0 Å². The molecule has 0 amide bonds. The zero-order chi connectivity index (χ0) is 11.0. The van der Waals surface area contributed by atoms with E-state index in [2.05, 4.69) is 20.8 Å². The molecule has 2 atom stereocenters. The highest BCUT2D eigenvalue weighted by Gasteiger charge is 2.47. The highest BCUT2D eigenvalue weighted by molar-refractivity contribution is 5.74. The van der Waals surface area contributed by atoms with Crippen molar-refractivity contribution in [3.05, 3.63) is 0 Å². The van der Waals surface area contributed by atoms with Crippen LogP contribution in [0.3, 0.4) is 0 Å². The van der Waals surface area contributed by atoms with Crippen LogP contribution in [0, 0.1) is 16.7 Å². The van der Waals surface area contributed by atoms with Crippen molar-refractivity contribution < 1.29 is 9.90 Å². The Morgan fingerprint density at radius 2 is 1.93 bits per heavy atom. The van der Waals surface area contributed by atoms with Crippen molar-refractivity contribution in [2.45, 2.75) is 53.4 Å². The number of carbonyl (C=O) groups is 1. The average Bonchev–Trinajstić information content (AvgIpc) is 2.02. The van der Waals surface area contributed by atoms with Crippen LogP contribution in [0.2, 0.25) is 0 Å². The van der Waals surface area contributed by atoms with E-state index in [0.29, 0.717) is 5.92 Å². The molecular formula is C12H22O2. The number of carboxylic acid groups (broad SMARTS) is 1. The van der Waals surface area contributed by atoms with Crippen molar-refractivity contribution in [3.8, 4) is 0 Å². The van der Waals surface area contributed by atoms with Crippen LogP contribution >= 0.6 is 0 Å². The van der Waals surface area contributed by atoms with Crippen molar-refractivity contribution >= 4 is 5.97 Å². The molecule has 0 spiro atoms. The summed E-state index contributed by atoms with van der Waals surface area (Å²) in [6.07, 6.45) is 4.15. The summed E-state index contributed by atoms with van der Waals surface area (Å²) in [6, 6.07) is 0. The summed E-state index contributed by atoms with van der Waals surface area (Å²) in [4.78, 5) is 11.3. The monoisotopic (exact) mass is 198 g/mol. The van der Waals surface area contributed by atoms with Gasteiger partial charge in [0, 0.05) is 0 Å². The lowest BCUT2D eigenvalue weighted by Crippen LogP contribution is -2.44. The van der Waals surface area contributed by atoms with Crippen LogP contribution in [0.5, 0.6) is 0 Å². The van der Waals surface area contributed by atoms with Crippen LogP contribution in [-0.4, -0.2) is 11.1 Å². The molecule has 1 N–H and O–H groups in total. The fraction of sp³-hybridized carbons (Fsp3) is 0.917. The third-order valence-electron chi connectivity index (χ3n) is 3.74. The van der Waals surface area contributed by atoms with Gasteiger partial charge in [-0.1, -0.05) is 33.6 Å². The molecule has 0 bridgehead atoms. The second-order valence-corrected chi connectivity index (χ2v) is 5.89. The molecule has 1 aliphatic rings. The van der Waals surface area contributed by atoms with Crippen LogP contribution in [0.1, 0.15) is 53.4 Å². The zero-order valence-electron chi connectivity index (χ0n) is 9.76. The van der Waals surface area contributed by atoms with Gasteiger partial charge in [0.15, 0.2) is 0 Å². The van der Waals surface area contributed by atoms with E-state index in [-0.39, 0.29) is 5.41 Å². The standard InChI is InChI=1S/C12H22O2/c1-11(2,3)9-7-5-6-8-12(9,4)10(13)14/h9H,5-8H2,1-4H3,(H,13,14). The quantitative estimate of drug-likeness (QED) is 0.701. The molecule has 0 heterocycles. The second kappa shape index (κ2) is 3.56. The highest BCUT2D eigenvalue weighted by Crippen LogP contribution is 2.49. The molecule has 1 fully saturated rings. The van der Waals surface area contributed by atoms with Gasteiger partial charge < -0.3 is 5.11 Å². The van der Waals surface area contributed by atoms with Gasteiger partial charge in [0.2, 0.25) is 0 Å². The molecule has 2 heteroatoms. The lowest BCUT2D eigenvalue weighted by atomic mass is 9.58. The van der Waals surface area contributed by atoms with E-state index in [1.54, 1.807) is 0 Å². The smallest absolute Gasteiger partial charge is 0.309 e. The largest absolute Gasteiger partial charge is 0.481 e. The Bertz CT molecular complexity index is 227. The third-order valence-corrected chi connectivity index (χ3v) is 3.74. The molecule has 1 rings (SSSR count). The Morgan fingerprint density at radius 3 is 2.29 bits per heavy atom. The number of hydrogen-bond donors (Lipinski definition) is 1. The zero-order valence-corrected chi connectivity index (χ0v) is 9.76. The number of aliphatic carboxylic acids is 1. The highest BCUT2D eigenvalue weighted by atomic mass is 16.4. The first-order valence-corrected chi connectivity index (χ1v) is 5.52. The summed E-state index contributed by atoms with van der Waals surface area (Å²) < 4.78 is 0. The fourth-order valence-corrected chi connectivity index (χ4v) is 2.98. The first-order chi connectivity index (χ1) is 6.28. The summed E-state index contributed by atoms with van der Waals surface area (Å²) in [7, 11) is 0. The molecular weight excluding hydrogens is 176 g/mol. The first kappa shape index (κ1) is 11.5. The second-order valence-electron chi connectivity index (χ2n) is 5.89. The number of hydrogen-bond acceptors (Lipinski definition) is 1. The molecule has 0 saturated heterocycles. The van der Waals surface area contributed by atoms with E-state index < -0.39 is 11.4 Å². The molecule has 0 aromatic heterocycles. The maximum atomic E-state index is 11.3. The van der Waals surface area contributed by atoms with Gasteiger partial charge in [0.05, 0.1) is 5.41 Å². The molecule has 0 aromatic carbocycles. The van der Waals surface area contributed by atoms with Crippen molar-refractivity contribution in [3.63, 3.8) is 0 Å². The minimum atomic E-state index is -0.614. The van der Waals surface area contributed by atoms with Gasteiger partial charge in [0.1, 0.15) is 0 Å². The Kier molecular flexibility index (Phi) is 2.93. The Labute approximate surface area is 86.7 Å². The van der Waals surface area contributed by atoms with E-state index in [9.17, 15) is 9.90 Å². The lowest BCUT2D eigenvalue weighted by molar-refractivity contribution is -0.157. The third kappa shape index (κ3) is 1.94. The van der Waals surface area contributed by atoms with Gasteiger partial charge in [-0.3, -0.25) is 4.79 Å². The van der Waals surface area contributed by atoms with Crippen molar-refractivity contribution in [2.75, 3.05) is 0 Å². The first-order valence-electron chi connectivity index (χ1n) is 5.52. The predicted octanol–water partition coefficient (Wildman–Crippen LogP) is 3.31. The van der Waals surface area contributed by atoms with Gasteiger partial charge in [-0.25, -0.2) is 0 Å². The van der Waals surface area contributed by atoms with Crippen LogP contribution in [0.4, 0.5) is 0 Å². The van der Waals surface area contributed by atoms with Gasteiger partial charge in [-0.05, 0) is 31.1 Å². The molecule has 2 unspecified atom stereocenters. The molecule has 1 aliphatic carbocycles. The summed E-state index contributed by atoms with van der Waals surface area (Å²) in [5.41, 5.74) is -0.399. The predicted molar refractivity (Wildman–Crippen MR) is 57.2 cm³/mol. The lowest BCUT2D eigenvalue weighted by Gasteiger charge is -2.45. The van der Waals surface area contributed by atoms with E-state index in [4.69, 9.17) is 0 Å². The Morgan fingerprint density at radius 1 is 1.36 bits per heavy atom. The van der Waals surface area contributed by atoms with Gasteiger partial charge in [-0.2, -0.15) is 0 Å². The van der Waals surface area contributed by atoms with E-state index >= 15 is 0 Å². The molecule has 0 aliphatic heterocycles. The van der Waals surface area contributed by atoms with E-state index in [1.807, 2.05) is 6.92 Å². The molecule has 2 nitrogen and oxygen atoms in total. The van der Waals surface area contributed by atoms with Gasteiger partial charge >= 0.3 is 5.97 Å². The topological polar surface area (TPSA) is 37.3 Å². The minimum absolute atomic E-state index is 0.105. The summed E-state index contributed by atoms with van der Waals surface area (Å²) in [6.45, 7) is 8.39. The van der Waals surface area contributed by atoms with E-state index in [1.165, 1.54) is 6.42 Å². The molecule has 1 saturated carbocycles. The number of carboxylic acids is 1. The molecule has 14 heavy (non-hydrogen) atoms. The Balaban J connectivity index is 2.95. The van der Waals surface area contributed by atoms with Gasteiger partial charge in [0.25, 0.3) is 0 Å². The van der Waals surface area contributed by atoms with Crippen LogP contribution in [0.25, 0.3) is 0 Å². The average molecular weight is 198 g/mol. The molecule has 0 radical (unpaired) electrons. The van der Waals surface area contributed by atoms with Crippen molar-refractivity contribution in [2.24, 2.45) is 16.7 Å². The maximum Gasteiger partial charge on any atom is 0.309 e. The van der Waals surface area contributed by atoms with Crippen molar-refractivity contribution in [1.29, 1.82) is 0 Å². The SMILES string of the molecule is CC(C)(C)C1CCCCC1(C)C(=O)O. The summed E-state index contributed by atoms with van der Waals surface area (Å²) in [5, 5.41) is 9.33. The number of rotatable bonds is 1. The van der Waals surface area contributed by atoms with Crippen LogP contribution in [-0.2, 0) is 4.79 Å². The minimum Gasteiger partial charge on any atom is -0.481 e. The van der Waals surface area contributed by atoms with E-state index in [0.717, 1.165) is 19.3 Å². The maximum absolute atomic E-state index is 11.3.